The normalized spacial score (nSPS) is 11.9. The molecule has 1 atom stereocenters. The Labute approximate surface area is 185 Å². The number of amides is 1. The number of rotatable bonds is 6. The first kappa shape index (κ1) is 21.1. The van der Waals surface area contributed by atoms with Gasteiger partial charge in [-0.2, -0.15) is 0 Å². The molecule has 0 radical (unpaired) electrons. The van der Waals surface area contributed by atoms with Gasteiger partial charge in [0.1, 0.15) is 5.75 Å². The van der Waals surface area contributed by atoms with Crippen LogP contribution >= 0.6 is 58.5 Å². The fourth-order valence-corrected chi connectivity index (χ4v) is 5.07. The zero-order valence-corrected chi connectivity index (χ0v) is 18.8. The van der Waals surface area contributed by atoms with Gasteiger partial charge in [0.15, 0.2) is 8.29 Å². The van der Waals surface area contributed by atoms with Gasteiger partial charge in [0.2, 0.25) is 5.91 Å². The fraction of sp³-hybridized carbons (Fsp3) is 0.167. The van der Waals surface area contributed by atoms with Crippen molar-refractivity contribution in [1.82, 2.24) is 9.78 Å². The molecule has 0 aliphatic carbocycles. The Bertz CT molecular complexity index is 1050. The molecule has 146 valence electrons. The fourth-order valence-electron chi connectivity index (χ4n) is 2.27. The van der Waals surface area contributed by atoms with E-state index in [0.29, 0.717) is 29.8 Å². The predicted molar refractivity (Wildman–Crippen MR) is 119 cm³/mol. The lowest BCUT2D eigenvalue weighted by atomic mass is 10.3. The molecule has 1 unspecified atom stereocenters. The predicted octanol–water partition coefficient (Wildman–Crippen LogP) is 6.10. The molecule has 0 fully saturated rings. The number of nitrogens with one attached hydrogen (secondary N) is 1. The summed E-state index contributed by atoms with van der Waals surface area (Å²) in [6.45, 7) is 1.80. The van der Waals surface area contributed by atoms with Crippen LogP contribution in [0.4, 0.5) is 5.69 Å². The average molecular weight is 472 g/mol. The van der Waals surface area contributed by atoms with Crippen LogP contribution in [-0.4, -0.2) is 28.0 Å². The minimum absolute atomic E-state index is 0.190. The zero-order valence-electron chi connectivity index (χ0n) is 14.8. The van der Waals surface area contributed by atoms with Crippen LogP contribution in [-0.2, 0) is 4.79 Å². The molecule has 28 heavy (non-hydrogen) atoms. The van der Waals surface area contributed by atoms with Crippen LogP contribution in [0.1, 0.15) is 6.92 Å². The second-order valence-corrected chi connectivity index (χ2v) is 9.70. The van der Waals surface area contributed by atoms with Crippen molar-refractivity contribution in [3.8, 4) is 11.4 Å². The van der Waals surface area contributed by atoms with Gasteiger partial charge in [-0.05, 0) is 61.6 Å². The van der Waals surface area contributed by atoms with Crippen LogP contribution in [0.2, 0.25) is 10.0 Å². The Kier molecular flexibility index (Phi) is 7.00. The third kappa shape index (κ3) is 5.07. The summed E-state index contributed by atoms with van der Waals surface area (Å²) in [5, 5.41) is 8.10. The van der Waals surface area contributed by atoms with E-state index in [9.17, 15) is 4.79 Å². The van der Waals surface area contributed by atoms with Gasteiger partial charge in [-0.3, -0.25) is 4.79 Å². The number of hydrogen-bond donors (Lipinski definition) is 1. The van der Waals surface area contributed by atoms with Gasteiger partial charge in [-0.1, -0.05) is 46.3 Å². The summed E-state index contributed by atoms with van der Waals surface area (Å²) < 4.78 is 8.20. The highest BCUT2D eigenvalue weighted by Crippen LogP contribution is 2.31. The van der Waals surface area contributed by atoms with E-state index in [1.807, 2.05) is 12.1 Å². The van der Waals surface area contributed by atoms with Crippen molar-refractivity contribution < 1.29 is 9.53 Å². The number of methoxy groups -OCH3 is 1. The molecule has 1 amide bonds. The molecule has 5 nitrogen and oxygen atoms in total. The van der Waals surface area contributed by atoms with Crippen molar-refractivity contribution in [3.63, 3.8) is 0 Å². The van der Waals surface area contributed by atoms with Crippen molar-refractivity contribution >= 4 is 70.1 Å². The Morgan fingerprint density at radius 1 is 1.25 bits per heavy atom. The molecule has 0 aliphatic heterocycles. The van der Waals surface area contributed by atoms with Crippen LogP contribution in [0.3, 0.4) is 0 Å². The van der Waals surface area contributed by atoms with Gasteiger partial charge in [0, 0.05) is 10.0 Å². The number of carbonyl (C=O) groups is 1. The Balaban J connectivity index is 1.73. The summed E-state index contributed by atoms with van der Waals surface area (Å²) in [4.78, 5) is 12.6. The van der Waals surface area contributed by atoms with E-state index in [4.69, 9.17) is 40.2 Å². The summed E-state index contributed by atoms with van der Waals surface area (Å²) in [7, 11) is 1.53. The molecule has 3 rings (SSSR count). The van der Waals surface area contributed by atoms with Gasteiger partial charge < -0.3 is 10.1 Å². The third-order valence-corrected chi connectivity index (χ3v) is 6.57. The van der Waals surface area contributed by atoms with Crippen LogP contribution in [0.5, 0.6) is 5.75 Å². The first-order valence-electron chi connectivity index (χ1n) is 8.04. The minimum atomic E-state index is -0.400. The molecule has 0 saturated heterocycles. The van der Waals surface area contributed by atoms with E-state index >= 15 is 0 Å². The SMILES string of the molecule is COc1ccc(Cl)cc1NC(=O)C(C)Sc1nn(-c2ccc(Cl)cc2)c(=S)s1. The van der Waals surface area contributed by atoms with E-state index in [1.165, 1.54) is 30.2 Å². The number of benzene rings is 2. The van der Waals surface area contributed by atoms with Crippen molar-refractivity contribution in [3.05, 3.63) is 56.5 Å². The topological polar surface area (TPSA) is 56.1 Å². The maximum atomic E-state index is 12.6. The molecule has 0 bridgehead atoms. The first-order valence-corrected chi connectivity index (χ1v) is 10.9. The third-order valence-electron chi connectivity index (χ3n) is 3.67. The number of halogens is 2. The summed E-state index contributed by atoms with van der Waals surface area (Å²) in [6.07, 6.45) is 0. The first-order chi connectivity index (χ1) is 13.4. The smallest absolute Gasteiger partial charge is 0.237 e. The van der Waals surface area contributed by atoms with Gasteiger partial charge in [0.05, 0.1) is 23.7 Å². The second kappa shape index (κ2) is 9.28. The molecule has 10 heteroatoms. The summed E-state index contributed by atoms with van der Waals surface area (Å²) >= 11 is 20.0. The van der Waals surface area contributed by atoms with Crippen molar-refractivity contribution in [2.45, 2.75) is 16.5 Å². The van der Waals surface area contributed by atoms with Crippen molar-refractivity contribution in [2.24, 2.45) is 0 Å². The van der Waals surface area contributed by atoms with Crippen molar-refractivity contribution in [1.29, 1.82) is 0 Å². The summed E-state index contributed by atoms with van der Waals surface area (Å²) in [6, 6.07) is 12.3. The number of nitrogens with zero attached hydrogens (tertiary/aromatic N) is 2. The molecule has 1 aromatic heterocycles. The maximum Gasteiger partial charge on any atom is 0.237 e. The summed E-state index contributed by atoms with van der Waals surface area (Å²) in [5.41, 5.74) is 1.34. The molecule has 0 saturated carbocycles. The largest absolute Gasteiger partial charge is 0.495 e. The molecule has 1 heterocycles. The summed E-state index contributed by atoms with van der Waals surface area (Å²) in [5.74, 6) is 0.349. The van der Waals surface area contributed by atoms with Gasteiger partial charge >= 0.3 is 0 Å². The van der Waals surface area contributed by atoms with Crippen LogP contribution in [0.15, 0.2) is 46.8 Å². The highest BCUT2D eigenvalue weighted by atomic mass is 35.5. The number of anilines is 1. The number of hydrogen-bond acceptors (Lipinski definition) is 6. The van der Waals surface area contributed by atoms with E-state index in [0.717, 1.165) is 5.69 Å². The lowest BCUT2D eigenvalue weighted by Gasteiger charge is -2.13. The second-order valence-electron chi connectivity index (χ2n) is 5.62. The number of ether oxygens (including phenoxy) is 1. The maximum absolute atomic E-state index is 12.6. The molecule has 3 aromatic rings. The number of aromatic nitrogens is 2. The lowest BCUT2D eigenvalue weighted by Crippen LogP contribution is -2.22. The van der Waals surface area contributed by atoms with E-state index < -0.39 is 5.25 Å². The molecular formula is C18H15Cl2N3O2S3. The van der Waals surface area contributed by atoms with Crippen LogP contribution in [0.25, 0.3) is 5.69 Å². The lowest BCUT2D eigenvalue weighted by molar-refractivity contribution is -0.115. The molecule has 0 aliphatic rings. The highest BCUT2D eigenvalue weighted by molar-refractivity contribution is 8.02. The monoisotopic (exact) mass is 471 g/mol. The highest BCUT2D eigenvalue weighted by Gasteiger charge is 2.19. The van der Waals surface area contributed by atoms with Crippen LogP contribution < -0.4 is 10.1 Å². The minimum Gasteiger partial charge on any atom is -0.495 e. The standard InChI is InChI=1S/C18H15Cl2N3O2S3/c1-10(16(24)21-14-9-12(20)5-8-15(14)25-2)27-17-22-23(18(26)28-17)13-6-3-11(19)4-7-13/h3-10H,1-2H3,(H,21,24). The Morgan fingerprint density at radius 2 is 1.93 bits per heavy atom. The molecule has 1 N–H and O–H groups in total. The van der Waals surface area contributed by atoms with Gasteiger partial charge in [0.25, 0.3) is 0 Å². The van der Waals surface area contributed by atoms with Gasteiger partial charge in [-0.25, -0.2) is 4.68 Å². The number of carbonyl (C=O) groups excluding carboxylic acids is 1. The zero-order chi connectivity index (χ0) is 20.3. The molecule has 2 aromatic carbocycles. The molecule has 0 spiro atoms. The van der Waals surface area contributed by atoms with E-state index in [1.54, 1.807) is 41.9 Å². The quantitative estimate of drug-likeness (QED) is 0.347. The van der Waals surface area contributed by atoms with Gasteiger partial charge in [-0.15, -0.1) is 5.10 Å². The van der Waals surface area contributed by atoms with Crippen LogP contribution in [0, 0.1) is 3.95 Å². The molecular weight excluding hydrogens is 457 g/mol. The van der Waals surface area contributed by atoms with E-state index in [-0.39, 0.29) is 5.91 Å². The van der Waals surface area contributed by atoms with E-state index in [2.05, 4.69) is 10.4 Å². The Morgan fingerprint density at radius 3 is 2.61 bits per heavy atom. The average Bonchev–Trinajstić information content (AvgIpc) is 3.02. The number of thioether (sulfide) groups is 1. The van der Waals surface area contributed by atoms with Crippen molar-refractivity contribution in [2.75, 3.05) is 12.4 Å². The Hall–Kier alpha value is -1.58.